The maximum Gasteiger partial charge on any atom is 0.126 e. The molecule has 25 heavy (non-hydrogen) atoms. The molecule has 0 N–H and O–H groups in total. The van der Waals surface area contributed by atoms with Crippen LogP contribution in [-0.2, 0) is 0 Å². The van der Waals surface area contributed by atoms with Crippen LogP contribution in [0, 0.1) is 17.6 Å². The Kier molecular flexibility index (Phi) is 5.88. The van der Waals surface area contributed by atoms with Gasteiger partial charge in [0.15, 0.2) is 0 Å². The maximum atomic E-state index is 13.5. The number of hydrogen-bond donors (Lipinski definition) is 0. The van der Waals surface area contributed by atoms with Crippen LogP contribution in [0.1, 0.15) is 80.9 Å². The number of rotatable bonds is 5. The summed E-state index contributed by atoms with van der Waals surface area (Å²) in [6, 6.07) is 12.5. The van der Waals surface area contributed by atoms with Crippen molar-refractivity contribution in [2.75, 3.05) is 0 Å². The first-order valence-corrected chi connectivity index (χ1v) is 9.62. The van der Waals surface area contributed by atoms with Gasteiger partial charge in [0.1, 0.15) is 11.6 Å². The predicted molar refractivity (Wildman–Crippen MR) is 99.9 cm³/mol. The van der Waals surface area contributed by atoms with Crippen LogP contribution in [0.2, 0.25) is 0 Å². The first-order valence-electron chi connectivity index (χ1n) is 9.62. The van der Waals surface area contributed by atoms with Crippen LogP contribution < -0.4 is 0 Å². The molecule has 0 aromatic heterocycles. The highest BCUT2D eigenvalue weighted by Crippen LogP contribution is 2.38. The Morgan fingerprint density at radius 2 is 1.48 bits per heavy atom. The van der Waals surface area contributed by atoms with E-state index >= 15 is 0 Å². The molecule has 1 aliphatic rings. The van der Waals surface area contributed by atoms with Gasteiger partial charge in [0.25, 0.3) is 0 Å². The molecule has 1 fully saturated rings. The molecular weight excluding hydrogens is 314 g/mol. The Morgan fingerprint density at radius 1 is 0.880 bits per heavy atom. The molecule has 0 radical (unpaired) electrons. The largest absolute Gasteiger partial charge is 0.207 e. The third-order valence-electron chi connectivity index (χ3n) is 5.84. The van der Waals surface area contributed by atoms with Crippen LogP contribution in [0.4, 0.5) is 8.78 Å². The topological polar surface area (TPSA) is 0 Å². The molecule has 0 spiro atoms. The first kappa shape index (κ1) is 18.1. The molecule has 2 heteroatoms. The van der Waals surface area contributed by atoms with Gasteiger partial charge in [-0.2, -0.15) is 0 Å². The van der Waals surface area contributed by atoms with Gasteiger partial charge in [0.2, 0.25) is 0 Å². The number of hydrogen-bond acceptors (Lipinski definition) is 0. The monoisotopic (exact) mass is 342 g/mol. The van der Waals surface area contributed by atoms with Crippen LogP contribution in [0.5, 0.6) is 0 Å². The van der Waals surface area contributed by atoms with E-state index in [4.69, 9.17) is 0 Å². The fourth-order valence-electron chi connectivity index (χ4n) is 4.27. The lowest BCUT2D eigenvalue weighted by Gasteiger charge is -2.28. The molecule has 1 atom stereocenters. The number of benzene rings is 2. The second-order valence-corrected chi connectivity index (χ2v) is 7.60. The summed E-state index contributed by atoms with van der Waals surface area (Å²) >= 11 is 0. The van der Waals surface area contributed by atoms with Gasteiger partial charge in [-0.3, -0.25) is 0 Å². The predicted octanol–water partition coefficient (Wildman–Crippen LogP) is 7.19. The Labute approximate surface area is 150 Å². The van der Waals surface area contributed by atoms with Gasteiger partial charge in [-0.05, 0) is 66.3 Å². The summed E-state index contributed by atoms with van der Waals surface area (Å²) in [6.45, 7) is 4.27. The first-order chi connectivity index (χ1) is 12.1. The van der Waals surface area contributed by atoms with Gasteiger partial charge in [0, 0.05) is 12.0 Å². The van der Waals surface area contributed by atoms with E-state index in [0.29, 0.717) is 11.5 Å². The van der Waals surface area contributed by atoms with Crippen molar-refractivity contribution in [3.8, 4) is 0 Å². The normalized spacial score (nSPS) is 21.9. The average molecular weight is 342 g/mol. The lowest BCUT2D eigenvalue weighted by molar-refractivity contribution is 0.308. The quantitative estimate of drug-likeness (QED) is 0.539. The molecular formula is C23H28F2. The minimum absolute atomic E-state index is 0.0143. The smallest absolute Gasteiger partial charge is 0.126 e. The van der Waals surface area contributed by atoms with Crippen molar-refractivity contribution in [3.05, 3.63) is 70.8 Å². The van der Waals surface area contributed by atoms with Crippen molar-refractivity contribution in [1.82, 2.24) is 0 Å². The van der Waals surface area contributed by atoms with E-state index in [1.54, 1.807) is 0 Å². The molecule has 2 aromatic carbocycles. The van der Waals surface area contributed by atoms with E-state index < -0.39 is 11.6 Å². The van der Waals surface area contributed by atoms with Crippen molar-refractivity contribution < 1.29 is 8.78 Å². The maximum absolute atomic E-state index is 13.5. The van der Waals surface area contributed by atoms with Crippen molar-refractivity contribution in [2.45, 2.75) is 64.2 Å². The van der Waals surface area contributed by atoms with Crippen molar-refractivity contribution >= 4 is 0 Å². The van der Waals surface area contributed by atoms with E-state index in [2.05, 4.69) is 31.2 Å². The van der Waals surface area contributed by atoms with E-state index in [0.717, 1.165) is 17.5 Å². The Hall–Kier alpha value is -1.70. The van der Waals surface area contributed by atoms with Gasteiger partial charge < -0.3 is 0 Å². The molecule has 0 heterocycles. The molecule has 0 bridgehead atoms. The molecule has 2 aromatic rings. The van der Waals surface area contributed by atoms with E-state index in [1.165, 1.54) is 56.2 Å². The second-order valence-electron chi connectivity index (χ2n) is 7.60. The van der Waals surface area contributed by atoms with Crippen LogP contribution >= 0.6 is 0 Å². The van der Waals surface area contributed by atoms with Gasteiger partial charge in [-0.1, -0.05) is 51.0 Å². The molecule has 0 nitrogen and oxygen atoms in total. The summed E-state index contributed by atoms with van der Waals surface area (Å²) < 4.78 is 26.9. The highest BCUT2D eigenvalue weighted by molar-refractivity contribution is 5.35. The minimum Gasteiger partial charge on any atom is -0.207 e. The SMILES string of the molecule is CCC[C@H]1CC[C@H](c2ccc(C(C)c3cc(F)cc(F)c3)cc2)CC1. The molecule has 1 saturated carbocycles. The number of halogens is 2. The van der Waals surface area contributed by atoms with Crippen LogP contribution in [0.3, 0.4) is 0 Å². The summed E-state index contributed by atoms with van der Waals surface area (Å²) in [4.78, 5) is 0. The highest BCUT2D eigenvalue weighted by atomic mass is 19.1. The van der Waals surface area contributed by atoms with Gasteiger partial charge >= 0.3 is 0 Å². The summed E-state index contributed by atoms with van der Waals surface area (Å²) in [5, 5.41) is 0. The molecule has 0 saturated heterocycles. The lowest BCUT2D eigenvalue weighted by Crippen LogP contribution is -2.13. The Bertz CT molecular complexity index is 661. The molecule has 3 rings (SSSR count). The summed E-state index contributed by atoms with van der Waals surface area (Å²) in [6.07, 6.45) is 7.93. The second kappa shape index (κ2) is 8.12. The molecule has 0 aliphatic heterocycles. The zero-order valence-electron chi connectivity index (χ0n) is 15.3. The van der Waals surface area contributed by atoms with Crippen molar-refractivity contribution in [3.63, 3.8) is 0 Å². The zero-order chi connectivity index (χ0) is 17.8. The van der Waals surface area contributed by atoms with Gasteiger partial charge in [-0.15, -0.1) is 0 Å². The average Bonchev–Trinajstić information content (AvgIpc) is 2.61. The summed E-state index contributed by atoms with van der Waals surface area (Å²) in [5.74, 6) is 0.552. The van der Waals surface area contributed by atoms with Crippen LogP contribution in [0.25, 0.3) is 0 Å². The molecule has 0 amide bonds. The minimum atomic E-state index is -0.512. The molecule has 1 unspecified atom stereocenters. The zero-order valence-corrected chi connectivity index (χ0v) is 15.3. The molecule has 134 valence electrons. The van der Waals surface area contributed by atoms with Crippen LogP contribution in [0.15, 0.2) is 42.5 Å². The van der Waals surface area contributed by atoms with Crippen molar-refractivity contribution in [2.24, 2.45) is 5.92 Å². The lowest BCUT2D eigenvalue weighted by atomic mass is 9.77. The third kappa shape index (κ3) is 4.48. The summed E-state index contributed by atoms with van der Waals surface area (Å²) in [7, 11) is 0. The fraction of sp³-hybridized carbons (Fsp3) is 0.478. The highest BCUT2D eigenvalue weighted by Gasteiger charge is 2.22. The van der Waals surface area contributed by atoms with Gasteiger partial charge in [0.05, 0.1) is 0 Å². The standard InChI is InChI=1S/C23H28F2/c1-3-4-17-5-7-19(8-6-17)20-11-9-18(10-12-20)16(2)21-13-22(24)15-23(25)14-21/h9-17,19H,3-8H2,1-2H3/t16?,17-,19-. The molecule has 1 aliphatic carbocycles. The van der Waals surface area contributed by atoms with Gasteiger partial charge in [-0.25, -0.2) is 8.78 Å². The van der Waals surface area contributed by atoms with E-state index in [1.807, 2.05) is 6.92 Å². The van der Waals surface area contributed by atoms with Crippen molar-refractivity contribution in [1.29, 1.82) is 0 Å². The Balaban J connectivity index is 1.68. The fourth-order valence-corrected chi connectivity index (χ4v) is 4.27. The Morgan fingerprint density at radius 3 is 2.04 bits per heavy atom. The summed E-state index contributed by atoms with van der Waals surface area (Å²) in [5.41, 5.74) is 3.20. The van der Waals surface area contributed by atoms with E-state index in [9.17, 15) is 8.78 Å². The van der Waals surface area contributed by atoms with Crippen LogP contribution in [-0.4, -0.2) is 0 Å². The third-order valence-corrected chi connectivity index (χ3v) is 5.84. The van der Waals surface area contributed by atoms with E-state index in [-0.39, 0.29) is 5.92 Å².